The van der Waals surface area contributed by atoms with E-state index >= 15 is 0 Å². The number of esters is 2. The van der Waals surface area contributed by atoms with E-state index in [1.807, 2.05) is 0 Å². The Morgan fingerprint density at radius 3 is 2.29 bits per heavy atom. The lowest BCUT2D eigenvalue weighted by atomic mass is 10.0. The third-order valence-electron chi connectivity index (χ3n) is 5.82. The minimum atomic E-state index is -1.15. The maximum Gasteiger partial charge on any atom is 0.307 e. The zero-order valence-corrected chi connectivity index (χ0v) is 23.9. The van der Waals surface area contributed by atoms with Gasteiger partial charge >= 0.3 is 11.9 Å². The molecule has 2 atom stereocenters. The van der Waals surface area contributed by atoms with Crippen LogP contribution in [0.25, 0.3) is 6.08 Å². The fourth-order valence-electron chi connectivity index (χ4n) is 3.81. The molecule has 2 unspecified atom stereocenters. The van der Waals surface area contributed by atoms with Crippen LogP contribution in [0, 0.1) is 0 Å². The third kappa shape index (κ3) is 11.7. The molecule has 12 nitrogen and oxygen atoms in total. The molecule has 0 aromatic heterocycles. The summed E-state index contributed by atoms with van der Waals surface area (Å²) in [5.74, 6) is -2.63. The van der Waals surface area contributed by atoms with Crippen LogP contribution >= 0.6 is 0 Å². The van der Waals surface area contributed by atoms with Crippen LogP contribution in [0.4, 0.5) is 0 Å². The first-order valence-corrected chi connectivity index (χ1v) is 13.5. The summed E-state index contributed by atoms with van der Waals surface area (Å²) in [6.07, 6.45) is 2.61. The number of methoxy groups -OCH3 is 1. The molecule has 42 heavy (non-hydrogen) atoms. The van der Waals surface area contributed by atoms with E-state index in [0.29, 0.717) is 11.1 Å². The first kappa shape index (κ1) is 33.3. The van der Waals surface area contributed by atoms with E-state index in [1.165, 1.54) is 31.4 Å². The lowest BCUT2D eigenvalue weighted by Crippen LogP contribution is -2.47. The fraction of sp³-hybridized carbons (Fsp3) is 0.367. The van der Waals surface area contributed by atoms with Gasteiger partial charge in [0.2, 0.25) is 17.7 Å². The second-order valence-corrected chi connectivity index (χ2v) is 8.95. The van der Waals surface area contributed by atoms with E-state index in [2.05, 4.69) is 16.0 Å². The highest BCUT2D eigenvalue weighted by molar-refractivity contribution is 5.95. The van der Waals surface area contributed by atoms with Crippen molar-refractivity contribution in [3.8, 4) is 11.5 Å². The average molecular weight is 584 g/mol. The number of hydrogen-bond acceptors (Lipinski definition) is 9. The summed E-state index contributed by atoms with van der Waals surface area (Å²) in [6, 6.07) is 11.1. The van der Waals surface area contributed by atoms with Crippen LogP contribution < -0.4 is 20.7 Å². The molecular formula is C30H37N3O9. The molecule has 0 aliphatic rings. The van der Waals surface area contributed by atoms with E-state index in [0.717, 1.165) is 0 Å². The van der Waals surface area contributed by atoms with Gasteiger partial charge in [0.25, 0.3) is 0 Å². The standard InChI is InChI=1S/C30H37N3O9/c1-4-41-27(37)16-13-22(18-28(38)42-5-2)32-30(39)29(21-9-7-6-8-10-21)33-26(36)19-31-25(35)15-12-20-11-14-23(34)24(17-20)40-3/h6-12,14-15,17,22,29,34H,4-5,13,16,18-19H2,1-3H3,(H,31,35)(H,32,39)(H,33,36)/b15-12+. The largest absolute Gasteiger partial charge is 0.504 e. The maximum absolute atomic E-state index is 13.4. The fourth-order valence-corrected chi connectivity index (χ4v) is 3.81. The Balaban J connectivity index is 2.07. The van der Waals surface area contributed by atoms with Crippen LogP contribution in [0.3, 0.4) is 0 Å². The summed E-state index contributed by atoms with van der Waals surface area (Å²) >= 11 is 0. The van der Waals surface area contributed by atoms with Gasteiger partial charge in [-0.05, 0) is 49.6 Å². The Bertz CT molecular complexity index is 1250. The second-order valence-electron chi connectivity index (χ2n) is 8.95. The van der Waals surface area contributed by atoms with Crippen molar-refractivity contribution in [1.82, 2.24) is 16.0 Å². The van der Waals surface area contributed by atoms with Crippen molar-refractivity contribution >= 4 is 35.7 Å². The maximum atomic E-state index is 13.4. The number of benzene rings is 2. The van der Waals surface area contributed by atoms with Crippen molar-refractivity contribution in [2.24, 2.45) is 0 Å². The Hall–Kier alpha value is -4.87. The summed E-state index contributed by atoms with van der Waals surface area (Å²) in [6.45, 7) is 3.27. The van der Waals surface area contributed by atoms with Crippen molar-refractivity contribution in [3.05, 3.63) is 65.7 Å². The highest BCUT2D eigenvalue weighted by atomic mass is 16.5. The number of carbonyl (C=O) groups excluding carboxylic acids is 5. The smallest absolute Gasteiger partial charge is 0.307 e. The van der Waals surface area contributed by atoms with Crippen LogP contribution in [0.1, 0.15) is 50.3 Å². The van der Waals surface area contributed by atoms with Gasteiger partial charge in [-0.2, -0.15) is 0 Å². The van der Waals surface area contributed by atoms with Crippen LogP contribution in [0.2, 0.25) is 0 Å². The molecule has 3 amide bonds. The number of aromatic hydroxyl groups is 1. The number of phenolic OH excluding ortho intramolecular Hbond substituents is 1. The average Bonchev–Trinajstić information content (AvgIpc) is 2.97. The van der Waals surface area contributed by atoms with Crippen LogP contribution in [-0.4, -0.2) is 67.7 Å². The topological polar surface area (TPSA) is 169 Å². The van der Waals surface area contributed by atoms with Gasteiger partial charge < -0.3 is 35.3 Å². The van der Waals surface area contributed by atoms with Gasteiger partial charge in [-0.15, -0.1) is 0 Å². The number of amides is 3. The van der Waals surface area contributed by atoms with Gasteiger partial charge in [-0.3, -0.25) is 24.0 Å². The molecule has 226 valence electrons. The molecule has 2 rings (SSSR count). The van der Waals surface area contributed by atoms with Gasteiger partial charge in [0.15, 0.2) is 11.5 Å². The number of rotatable bonds is 16. The van der Waals surface area contributed by atoms with Gasteiger partial charge in [0.05, 0.1) is 33.3 Å². The Morgan fingerprint density at radius 1 is 0.929 bits per heavy atom. The quantitative estimate of drug-likeness (QED) is 0.171. The molecule has 0 spiro atoms. The minimum Gasteiger partial charge on any atom is -0.504 e. The number of nitrogens with one attached hydrogen (secondary N) is 3. The number of phenols is 1. The van der Waals surface area contributed by atoms with E-state index in [9.17, 15) is 29.1 Å². The van der Waals surface area contributed by atoms with Crippen molar-refractivity contribution in [2.75, 3.05) is 26.9 Å². The number of ether oxygens (including phenoxy) is 3. The highest BCUT2D eigenvalue weighted by Gasteiger charge is 2.27. The summed E-state index contributed by atoms with van der Waals surface area (Å²) in [4.78, 5) is 62.4. The first-order chi connectivity index (χ1) is 20.2. The SMILES string of the molecule is CCOC(=O)CCC(CC(=O)OCC)NC(=O)C(NC(=O)CNC(=O)/C=C/c1ccc(O)c(OC)c1)c1ccccc1. The normalized spacial score (nSPS) is 12.1. The van der Waals surface area contributed by atoms with Crippen molar-refractivity contribution in [2.45, 2.75) is 45.2 Å². The Kier molecular flexibility index (Phi) is 14.1. The third-order valence-corrected chi connectivity index (χ3v) is 5.82. The second kappa shape index (κ2) is 17.7. The molecule has 0 radical (unpaired) electrons. The van der Waals surface area contributed by atoms with E-state index in [-0.39, 0.29) is 44.0 Å². The van der Waals surface area contributed by atoms with E-state index in [1.54, 1.807) is 50.2 Å². The van der Waals surface area contributed by atoms with Gasteiger partial charge in [-0.1, -0.05) is 36.4 Å². The lowest BCUT2D eigenvalue weighted by molar-refractivity contribution is -0.146. The summed E-state index contributed by atoms with van der Waals surface area (Å²) < 4.78 is 15.0. The predicted molar refractivity (Wildman–Crippen MR) is 153 cm³/mol. The summed E-state index contributed by atoms with van der Waals surface area (Å²) in [5.41, 5.74) is 1.06. The van der Waals surface area contributed by atoms with Crippen molar-refractivity contribution in [3.63, 3.8) is 0 Å². The minimum absolute atomic E-state index is 0.0307. The summed E-state index contributed by atoms with van der Waals surface area (Å²) in [5, 5.41) is 17.5. The van der Waals surface area contributed by atoms with Crippen LogP contribution in [0.5, 0.6) is 11.5 Å². The van der Waals surface area contributed by atoms with Crippen molar-refractivity contribution in [1.29, 1.82) is 0 Å². The van der Waals surface area contributed by atoms with Gasteiger partial charge in [0, 0.05) is 18.5 Å². The van der Waals surface area contributed by atoms with E-state index in [4.69, 9.17) is 14.2 Å². The van der Waals surface area contributed by atoms with Crippen molar-refractivity contribution < 1.29 is 43.3 Å². The predicted octanol–water partition coefficient (Wildman–Crippen LogP) is 2.17. The van der Waals surface area contributed by atoms with Gasteiger partial charge in [-0.25, -0.2) is 0 Å². The zero-order chi connectivity index (χ0) is 30.9. The molecule has 0 heterocycles. The Morgan fingerprint density at radius 2 is 1.62 bits per heavy atom. The molecular weight excluding hydrogens is 546 g/mol. The molecule has 0 saturated carbocycles. The molecule has 2 aromatic carbocycles. The Labute approximate surface area is 244 Å². The zero-order valence-electron chi connectivity index (χ0n) is 23.9. The molecule has 4 N–H and O–H groups in total. The molecule has 0 saturated heterocycles. The molecule has 0 aliphatic carbocycles. The molecule has 2 aromatic rings. The highest BCUT2D eigenvalue weighted by Crippen LogP contribution is 2.26. The monoisotopic (exact) mass is 583 g/mol. The summed E-state index contributed by atoms with van der Waals surface area (Å²) in [7, 11) is 1.40. The van der Waals surface area contributed by atoms with Crippen LogP contribution in [0.15, 0.2) is 54.6 Å². The van der Waals surface area contributed by atoms with Gasteiger partial charge in [0.1, 0.15) is 6.04 Å². The van der Waals surface area contributed by atoms with E-state index < -0.39 is 48.3 Å². The molecule has 0 bridgehead atoms. The lowest BCUT2D eigenvalue weighted by Gasteiger charge is -2.23. The number of carbonyl (C=O) groups is 5. The first-order valence-electron chi connectivity index (χ1n) is 13.5. The molecule has 12 heteroatoms. The number of hydrogen-bond donors (Lipinski definition) is 4. The molecule has 0 aliphatic heterocycles. The van der Waals surface area contributed by atoms with Crippen LogP contribution in [-0.2, 0) is 33.4 Å². The molecule has 0 fully saturated rings.